The SMILES string of the molecule is CN(CCOc1cc(CNC2CC2)c(Cl)cn1)C1CC1. The van der Waals surface area contributed by atoms with E-state index in [2.05, 4.69) is 22.2 Å². The Balaban J connectivity index is 1.48. The molecule has 2 fully saturated rings. The van der Waals surface area contributed by atoms with Crippen LogP contribution in [0.4, 0.5) is 0 Å². The van der Waals surface area contributed by atoms with E-state index in [1.807, 2.05) is 6.07 Å². The molecule has 1 N–H and O–H groups in total. The zero-order valence-electron chi connectivity index (χ0n) is 11.9. The summed E-state index contributed by atoms with van der Waals surface area (Å²) in [6.45, 7) is 2.42. The molecule has 0 amide bonds. The van der Waals surface area contributed by atoms with Gasteiger partial charge in [-0.15, -0.1) is 0 Å². The largest absolute Gasteiger partial charge is 0.476 e. The van der Waals surface area contributed by atoms with Crippen LogP contribution >= 0.6 is 11.6 Å². The van der Waals surface area contributed by atoms with E-state index in [9.17, 15) is 0 Å². The van der Waals surface area contributed by atoms with Gasteiger partial charge in [-0.1, -0.05) is 11.6 Å². The number of pyridine rings is 1. The van der Waals surface area contributed by atoms with Gasteiger partial charge in [0.25, 0.3) is 0 Å². The van der Waals surface area contributed by atoms with E-state index in [1.165, 1.54) is 25.7 Å². The third-order valence-corrected chi connectivity index (χ3v) is 4.27. The Labute approximate surface area is 125 Å². The second-order valence-electron chi connectivity index (χ2n) is 5.83. The van der Waals surface area contributed by atoms with E-state index in [-0.39, 0.29) is 0 Å². The minimum atomic E-state index is 0.672. The predicted molar refractivity (Wildman–Crippen MR) is 80.3 cm³/mol. The molecule has 5 heteroatoms. The number of hydrogen-bond acceptors (Lipinski definition) is 4. The van der Waals surface area contributed by atoms with Crippen LogP contribution < -0.4 is 10.1 Å². The highest BCUT2D eigenvalue weighted by Gasteiger charge is 2.25. The summed E-state index contributed by atoms with van der Waals surface area (Å²) in [6, 6.07) is 3.40. The van der Waals surface area contributed by atoms with Crippen LogP contribution in [0.5, 0.6) is 5.88 Å². The Morgan fingerprint density at radius 2 is 2.20 bits per heavy atom. The molecule has 1 aromatic rings. The van der Waals surface area contributed by atoms with Crippen molar-refractivity contribution in [3.8, 4) is 5.88 Å². The minimum absolute atomic E-state index is 0.672. The van der Waals surface area contributed by atoms with Crippen LogP contribution in [0, 0.1) is 0 Å². The number of aromatic nitrogens is 1. The van der Waals surface area contributed by atoms with Crippen LogP contribution in [0.25, 0.3) is 0 Å². The molecule has 2 aliphatic rings. The van der Waals surface area contributed by atoms with E-state index in [4.69, 9.17) is 16.3 Å². The molecule has 4 nitrogen and oxygen atoms in total. The third kappa shape index (κ3) is 4.08. The normalized spacial score (nSPS) is 18.6. The molecule has 0 unspecified atom stereocenters. The van der Waals surface area contributed by atoms with E-state index >= 15 is 0 Å². The smallest absolute Gasteiger partial charge is 0.213 e. The lowest BCUT2D eigenvalue weighted by atomic mass is 10.2. The summed E-state index contributed by atoms with van der Waals surface area (Å²) < 4.78 is 5.73. The van der Waals surface area contributed by atoms with Crippen LogP contribution in [0.15, 0.2) is 12.3 Å². The predicted octanol–water partition coefficient (Wildman–Crippen LogP) is 2.46. The summed E-state index contributed by atoms with van der Waals surface area (Å²) in [6.07, 6.45) is 6.89. The Kier molecular flexibility index (Phi) is 4.44. The minimum Gasteiger partial charge on any atom is -0.476 e. The van der Waals surface area contributed by atoms with Crippen molar-refractivity contribution in [3.63, 3.8) is 0 Å². The lowest BCUT2D eigenvalue weighted by Crippen LogP contribution is -2.26. The maximum absolute atomic E-state index is 6.17. The van der Waals surface area contributed by atoms with Crippen molar-refractivity contribution in [3.05, 3.63) is 22.8 Å². The summed E-state index contributed by atoms with van der Waals surface area (Å²) in [5.74, 6) is 0.672. The monoisotopic (exact) mass is 295 g/mol. The standard InChI is InChI=1S/C15H22ClN3O/c1-19(13-4-5-13)6-7-20-15-8-11(14(16)10-18-15)9-17-12-2-3-12/h8,10,12-13,17H,2-7,9H2,1H3. The molecular formula is C15H22ClN3O. The second-order valence-corrected chi connectivity index (χ2v) is 6.24. The van der Waals surface area contributed by atoms with Gasteiger partial charge >= 0.3 is 0 Å². The van der Waals surface area contributed by atoms with Crippen molar-refractivity contribution in [2.45, 2.75) is 44.3 Å². The van der Waals surface area contributed by atoms with Gasteiger partial charge in [-0.25, -0.2) is 4.98 Å². The molecule has 2 saturated carbocycles. The van der Waals surface area contributed by atoms with Gasteiger partial charge in [0.05, 0.1) is 5.02 Å². The zero-order chi connectivity index (χ0) is 13.9. The third-order valence-electron chi connectivity index (χ3n) is 3.93. The van der Waals surface area contributed by atoms with Crippen LogP contribution in [-0.4, -0.2) is 42.2 Å². The summed E-state index contributed by atoms with van der Waals surface area (Å²) in [4.78, 5) is 6.59. The summed E-state index contributed by atoms with van der Waals surface area (Å²) in [5.41, 5.74) is 1.07. The topological polar surface area (TPSA) is 37.4 Å². The van der Waals surface area contributed by atoms with Gasteiger partial charge in [0.15, 0.2) is 0 Å². The first-order chi connectivity index (χ1) is 9.72. The van der Waals surface area contributed by atoms with Crippen molar-refractivity contribution in [1.29, 1.82) is 0 Å². The van der Waals surface area contributed by atoms with Crippen LogP contribution in [0.2, 0.25) is 5.02 Å². The number of hydrogen-bond donors (Lipinski definition) is 1. The van der Waals surface area contributed by atoms with Gasteiger partial charge in [-0.05, 0) is 38.3 Å². The molecule has 0 aromatic carbocycles. The molecule has 0 saturated heterocycles. The first-order valence-electron chi connectivity index (χ1n) is 7.43. The highest BCUT2D eigenvalue weighted by atomic mass is 35.5. The second kappa shape index (κ2) is 6.29. The maximum Gasteiger partial charge on any atom is 0.213 e. The van der Waals surface area contributed by atoms with Crippen LogP contribution in [0.3, 0.4) is 0 Å². The van der Waals surface area contributed by atoms with Crippen molar-refractivity contribution in [1.82, 2.24) is 15.2 Å². The van der Waals surface area contributed by atoms with Gasteiger partial charge in [0, 0.05) is 37.4 Å². The van der Waals surface area contributed by atoms with Crippen molar-refractivity contribution in [2.75, 3.05) is 20.2 Å². The van der Waals surface area contributed by atoms with E-state index in [1.54, 1.807) is 6.20 Å². The molecule has 2 aliphatic carbocycles. The fourth-order valence-electron chi connectivity index (χ4n) is 2.21. The highest BCUT2D eigenvalue weighted by molar-refractivity contribution is 6.31. The number of nitrogens with one attached hydrogen (secondary N) is 1. The Morgan fingerprint density at radius 3 is 2.90 bits per heavy atom. The molecule has 0 spiro atoms. The van der Waals surface area contributed by atoms with Gasteiger partial charge in [0.1, 0.15) is 6.61 Å². The molecule has 20 heavy (non-hydrogen) atoms. The van der Waals surface area contributed by atoms with E-state index in [0.29, 0.717) is 23.6 Å². The number of ether oxygens (including phenoxy) is 1. The van der Waals surface area contributed by atoms with Gasteiger partial charge in [-0.3, -0.25) is 0 Å². The lowest BCUT2D eigenvalue weighted by molar-refractivity contribution is 0.226. The summed E-state index contributed by atoms with van der Waals surface area (Å²) in [7, 11) is 2.15. The molecule has 110 valence electrons. The average Bonchev–Trinajstić information content (AvgIpc) is 3.30. The number of nitrogens with zero attached hydrogens (tertiary/aromatic N) is 2. The van der Waals surface area contributed by atoms with Crippen molar-refractivity contribution >= 4 is 11.6 Å². The fraction of sp³-hybridized carbons (Fsp3) is 0.667. The Bertz CT molecular complexity index is 460. The zero-order valence-corrected chi connectivity index (χ0v) is 12.7. The van der Waals surface area contributed by atoms with Crippen LogP contribution in [-0.2, 0) is 6.54 Å². The van der Waals surface area contributed by atoms with E-state index in [0.717, 1.165) is 24.7 Å². The van der Waals surface area contributed by atoms with Crippen molar-refractivity contribution < 1.29 is 4.74 Å². The van der Waals surface area contributed by atoms with Crippen molar-refractivity contribution in [2.24, 2.45) is 0 Å². The lowest BCUT2D eigenvalue weighted by Gasteiger charge is -2.16. The van der Waals surface area contributed by atoms with Gasteiger partial charge in [-0.2, -0.15) is 0 Å². The molecular weight excluding hydrogens is 274 g/mol. The van der Waals surface area contributed by atoms with Gasteiger partial charge < -0.3 is 15.0 Å². The molecule has 0 aliphatic heterocycles. The number of likely N-dealkylation sites (N-methyl/N-ethyl adjacent to an activating group) is 1. The first kappa shape index (κ1) is 14.1. The summed E-state index contributed by atoms with van der Waals surface area (Å²) in [5, 5.41) is 4.17. The molecule has 0 atom stereocenters. The molecule has 0 radical (unpaired) electrons. The molecule has 1 aromatic heterocycles. The van der Waals surface area contributed by atoms with E-state index < -0.39 is 0 Å². The quantitative estimate of drug-likeness (QED) is 0.799. The maximum atomic E-state index is 6.17. The van der Waals surface area contributed by atoms with Crippen LogP contribution in [0.1, 0.15) is 31.2 Å². The van der Waals surface area contributed by atoms with Gasteiger partial charge in [0.2, 0.25) is 5.88 Å². The number of halogens is 1. The Morgan fingerprint density at radius 1 is 1.40 bits per heavy atom. The first-order valence-corrected chi connectivity index (χ1v) is 7.81. The fourth-order valence-corrected chi connectivity index (χ4v) is 2.38. The molecule has 0 bridgehead atoms. The average molecular weight is 296 g/mol. The highest BCUT2D eigenvalue weighted by Crippen LogP contribution is 2.25. The summed E-state index contributed by atoms with van der Waals surface area (Å²) >= 11 is 6.17. The molecule has 1 heterocycles. The Hall–Kier alpha value is -0.840. The molecule has 3 rings (SSSR count). The number of rotatable bonds is 8.